The maximum Gasteiger partial charge on any atom is 0.307 e. The SMILES string of the molecule is COC(=O)C[C@H](N[S+]([O-])C(C)(C)C)c1cc(C)ccc1F. The van der Waals surface area contributed by atoms with Gasteiger partial charge in [-0.25, -0.2) is 4.39 Å². The normalized spacial score (nSPS) is 14.6. The molecule has 1 N–H and O–H groups in total. The minimum absolute atomic E-state index is 0.0846. The molecule has 2 atom stereocenters. The summed E-state index contributed by atoms with van der Waals surface area (Å²) in [5.74, 6) is -0.924. The topological polar surface area (TPSA) is 61.4 Å². The van der Waals surface area contributed by atoms with E-state index in [0.717, 1.165) is 5.56 Å². The molecule has 0 amide bonds. The Morgan fingerprint density at radius 2 is 2.10 bits per heavy atom. The van der Waals surface area contributed by atoms with Crippen LogP contribution in [0, 0.1) is 12.7 Å². The van der Waals surface area contributed by atoms with Crippen molar-refractivity contribution in [2.24, 2.45) is 0 Å². The third kappa shape index (κ3) is 5.30. The first-order valence-corrected chi connectivity index (χ1v) is 7.81. The molecule has 1 unspecified atom stereocenters. The second-order valence-electron chi connectivity index (χ2n) is 5.86. The molecule has 0 aliphatic heterocycles. The van der Waals surface area contributed by atoms with Crippen LogP contribution < -0.4 is 4.72 Å². The second kappa shape index (κ2) is 7.24. The van der Waals surface area contributed by atoms with Crippen molar-refractivity contribution in [1.29, 1.82) is 0 Å². The van der Waals surface area contributed by atoms with E-state index in [9.17, 15) is 13.7 Å². The predicted molar refractivity (Wildman–Crippen MR) is 81.5 cm³/mol. The number of hydrogen-bond donors (Lipinski definition) is 1. The Hall–Kier alpha value is -1.11. The number of esters is 1. The molecule has 0 saturated carbocycles. The minimum Gasteiger partial charge on any atom is -0.598 e. The smallest absolute Gasteiger partial charge is 0.307 e. The highest BCUT2D eigenvalue weighted by Crippen LogP contribution is 2.25. The molecular weight excluding hydrogens is 293 g/mol. The standard InChI is InChI=1S/C15H22FNO3S/c1-10-6-7-12(16)11(8-10)13(9-14(18)20-5)17-21(19)15(2,3)4/h6-8,13,17H,9H2,1-5H3/t13-,21?/m0/s1. The summed E-state index contributed by atoms with van der Waals surface area (Å²) in [7, 11) is 1.27. The molecule has 0 aromatic heterocycles. The van der Waals surface area contributed by atoms with Gasteiger partial charge in [-0.15, -0.1) is 4.72 Å². The molecule has 0 aliphatic rings. The van der Waals surface area contributed by atoms with Gasteiger partial charge in [-0.05, 0) is 33.8 Å². The zero-order valence-corrected chi connectivity index (χ0v) is 13.8. The van der Waals surface area contributed by atoms with Crippen molar-refractivity contribution in [2.45, 2.75) is 44.9 Å². The summed E-state index contributed by atoms with van der Waals surface area (Å²) < 4.78 is 33.2. The molecule has 0 saturated heterocycles. The lowest BCUT2D eigenvalue weighted by Gasteiger charge is -2.28. The molecule has 0 spiro atoms. The van der Waals surface area contributed by atoms with Crippen LogP contribution in [0.1, 0.15) is 44.4 Å². The summed E-state index contributed by atoms with van der Waals surface area (Å²) in [6.45, 7) is 7.24. The Labute approximate surface area is 128 Å². The molecule has 6 heteroatoms. The fourth-order valence-electron chi connectivity index (χ4n) is 1.70. The van der Waals surface area contributed by atoms with Gasteiger partial charge in [-0.1, -0.05) is 17.7 Å². The monoisotopic (exact) mass is 315 g/mol. The van der Waals surface area contributed by atoms with E-state index in [1.54, 1.807) is 32.9 Å². The quantitative estimate of drug-likeness (QED) is 0.670. The zero-order valence-electron chi connectivity index (χ0n) is 13.0. The van der Waals surface area contributed by atoms with E-state index in [1.807, 2.05) is 6.92 Å². The molecule has 0 fully saturated rings. The van der Waals surface area contributed by atoms with Crippen LogP contribution in [0.15, 0.2) is 18.2 Å². The van der Waals surface area contributed by atoms with Crippen LogP contribution >= 0.6 is 0 Å². The van der Waals surface area contributed by atoms with E-state index < -0.39 is 33.9 Å². The highest BCUT2D eigenvalue weighted by molar-refractivity contribution is 7.90. The van der Waals surface area contributed by atoms with Gasteiger partial charge >= 0.3 is 5.97 Å². The van der Waals surface area contributed by atoms with Crippen LogP contribution in [-0.2, 0) is 20.9 Å². The van der Waals surface area contributed by atoms with E-state index in [-0.39, 0.29) is 6.42 Å². The number of halogens is 1. The van der Waals surface area contributed by atoms with Crippen molar-refractivity contribution in [2.75, 3.05) is 7.11 Å². The lowest BCUT2D eigenvalue weighted by molar-refractivity contribution is -0.141. The lowest BCUT2D eigenvalue weighted by atomic mass is 10.0. The van der Waals surface area contributed by atoms with Gasteiger partial charge in [0, 0.05) is 16.9 Å². The van der Waals surface area contributed by atoms with Gasteiger partial charge in [-0.2, -0.15) is 0 Å². The molecule has 0 radical (unpaired) electrons. The number of ether oxygens (including phenoxy) is 1. The fourth-order valence-corrected chi connectivity index (χ4v) is 2.52. The Bertz CT molecular complexity index is 502. The summed E-state index contributed by atoms with van der Waals surface area (Å²) in [5.41, 5.74) is 1.18. The van der Waals surface area contributed by atoms with Gasteiger partial charge in [0.1, 0.15) is 10.6 Å². The Morgan fingerprint density at radius 3 is 2.62 bits per heavy atom. The molecule has 118 valence electrons. The number of benzene rings is 1. The first kappa shape index (κ1) is 17.9. The maximum atomic E-state index is 14.0. The predicted octanol–water partition coefficient (Wildman–Crippen LogP) is 2.79. The van der Waals surface area contributed by atoms with Gasteiger partial charge in [0.2, 0.25) is 0 Å². The van der Waals surface area contributed by atoms with Gasteiger partial charge in [0.25, 0.3) is 0 Å². The molecule has 0 bridgehead atoms. The maximum absolute atomic E-state index is 14.0. The van der Waals surface area contributed by atoms with Gasteiger partial charge in [0.15, 0.2) is 0 Å². The highest BCUT2D eigenvalue weighted by Gasteiger charge is 2.32. The molecule has 4 nitrogen and oxygen atoms in total. The molecule has 21 heavy (non-hydrogen) atoms. The van der Waals surface area contributed by atoms with Crippen LogP contribution in [0.2, 0.25) is 0 Å². The first-order valence-electron chi connectivity index (χ1n) is 6.66. The number of carbonyl (C=O) groups is 1. The number of nitrogens with one attached hydrogen (secondary N) is 1. The van der Waals surface area contributed by atoms with E-state index in [0.29, 0.717) is 5.56 Å². The van der Waals surface area contributed by atoms with Gasteiger partial charge in [0.05, 0.1) is 19.6 Å². The number of rotatable bonds is 5. The third-order valence-corrected chi connectivity index (χ3v) is 4.54. The number of aryl methyl sites for hydroxylation is 1. The zero-order chi connectivity index (χ0) is 16.2. The van der Waals surface area contributed by atoms with Crippen molar-refractivity contribution in [3.63, 3.8) is 0 Å². The van der Waals surface area contributed by atoms with Crippen molar-refractivity contribution in [1.82, 2.24) is 4.72 Å². The molecule has 1 aromatic rings. The van der Waals surface area contributed by atoms with Gasteiger partial charge < -0.3 is 9.29 Å². The summed E-state index contributed by atoms with van der Waals surface area (Å²) in [5, 5.41) is 0. The van der Waals surface area contributed by atoms with E-state index >= 15 is 0 Å². The second-order valence-corrected chi connectivity index (χ2v) is 7.85. The fraction of sp³-hybridized carbons (Fsp3) is 0.533. The van der Waals surface area contributed by atoms with Crippen molar-refractivity contribution < 1.29 is 18.5 Å². The van der Waals surface area contributed by atoms with E-state index in [1.165, 1.54) is 13.2 Å². The average molecular weight is 315 g/mol. The van der Waals surface area contributed by atoms with E-state index in [4.69, 9.17) is 0 Å². The molecule has 0 heterocycles. The van der Waals surface area contributed by atoms with Crippen LogP contribution in [0.3, 0.4) is 0 Å². The summed E-state index contributed by atoms with van der Waals surface area (Å²) in [4.78, 5) is 11.5. The van der Waals surface area contributed by atoms with E-state index in [2.05, 4.69) is 9.46 Å². The summed E-state index contributed by atoms with van der Waals surface area (Å²) in [6, 6.07) is 3.94. The number of hydrogen-bond acceptors (Lipinski definition) is 4. The summed E-state index contributed by atoms with van der Waals surface area (Å²) >= 11 is -1.43. The van der Waals surface area contributed by atoms with Crippen molar-refractivity contribution >= 4 is 17.3 Å². The lowest BCUT2D eigenvalue weighted by Crippen LogP contribution is -2.42. The highest BCUT2D eigenvalue weighted by atomic mass is 32.2. The van der Waals surface area contributed by atoms with Crippen LogP contribution in [-0.4, -0.2) is 22.4 Å². The van der Waals surface area contributed by atoms with Gasteiger partial charge in [-0.3, -0.25) is 4.79 Å². The first-order chi connectivity index (χ1) is 9.65. The molecular formula is C15H22FNO3S. The number of carbonyl (C=O) groups excluding carboxylic acids is 1. The molecule has 0 aliphatic carbocycles. The molecule has 1 rings (SSSR count). The Morgan fingerprint density at radius 1 is 1.48 bits per heavy atom. The van der Waals surface area contributed by atoms with Crippen LogP contribution in [0.4, 0.5) is 4.39 Å². The Kier molecular flexibility index (Phi) is 6.19. The number of methoxy groups -OCH3 is 1. The largest absolute Gasteiger partial charge is 0.598 e. The minimum atomic E-state index is -1.43. The average Bonchev–Trinajstić information content (AvgIpc) is 2.39. The molecule has 1 aromatic carbocycles. The third-order valence-electron chi connectivity index (χ3n) is 2.93. The van der Waals surface area contributed by atoms with Crippen molar-refractivity contribution in [3.05, 3.63) is 35.1 Å². The Balaban J connectivity index is 3.07. The van der Waals surface area contributed by atoms with Crippen LogP contribution in [0.25, 0.3) is 0 Å². The van der Waals surface area contributed by atoms with Crippen LogP contribution in [0.5, 0.6) is 0 Å². The summed E-state index contributed by atoms with van der Waals surface area (Å²) in [6.07, 6.45) is -0.0846. The van der Waals surface area contributed by atoms with Crippen molar-refractivity contribution in [3.8, 4) is 0 Å².